The number of sulfonamides is 1. The lowest BCUT2D eigenvalue weighted by Crippen LogP contribution is -2.41. The minimum absolute atomic E-state index is 0.117. The summed E-state index contributed by atoms with van der Waals surface area (Å²) >= 11 is 5.75. The van der Waals surface area contributed by atoms with Gasteiger partial charge in [-0.2, -0.15) is 8.78 Å². The molecule has 2 rings (SSSR count). The van der Waals surface area contributed by atoms with Crippen molar-refractivity contribution in [1.29, 1.82) is 0 Å². The van der Waals surface area contributed by atoms with E-state index in [1.54, 1.807) is 0 Å². The molecule has 1 saturated carbocycles. The van der Waals surface area contributed by atoms with Crippen molar-refractivity contribution in [3.8, 4) is 5.75 Å². The van der Waals surface area contributed by atoms with E-state index >= 15 is 0 Å². The highest BCUT2D eigenvalue weighted by atomic mass is 35.5. The van der Waals surface area contributed by atoms with Gasteiger partial charge in [0.05, 0.1) is 9.92 Å². The normalized spacial score (nSPS) is 17.0. The Morgan fingerprint density at radius 2 is 2.10 bits per heavy atom. The average Bonchev–Trinajstić information content (AvgIpc) is 3.22. The first-order valence-corrected chi connectivity index (χ1v) is 8.16. The summed E-state index contributed by atoms with van der Waals surface area (Å²) in [5.74, 6) is -0.0233. The highest BCUT2D eigenvalue weighted by Gasteiger charge is 2.33. The Labute approximate surface area is 126 Å². The van der Waals surface area contributed by atoms with Gasteiger partial charge in [0.2, 0.25) is 10.0 Å². The van der Waals surface area contributed by atoms with Crippen LogP contribution in [-0.2, 0) is 10.0 Å². The molecule has 0 heterocycles. The first-order chi connectivity index (χ1) is 9.83. The molecule has 0 radical (unpaired) electrons. The van der Waals surface area contributed by atoms with Crippen LogP contribution >= 0.6 is 11.6 Å². The predicted octanol–water partition coefficient (Wildman–Crippen LogP) is 1.96. The molecule has 0 bridgehead atoms. The monoisotopic (exact) mass is 340 g/mol. The largest absolute Gasteiger partial charge is 0.433 e. The van der Waals surface area contributed by atoms with Crippen molar-refractivity contribution in [1.82, 2.24) is 4.72 Å². The van der Waals surface area contributed by atoms with Crippen LogP contribution < -0.4 is 15.2 Å². The standard InChI is InChI=1S/C12H15ClF2N2O3S/c13-9-5-8(3-4-11(9)20-12(14)15)21(18,19)17-10(6-16)7-1-2-7/h3-5,7,10,12,17H,1-2,6,16H2. The molecule has 0 aliphatic heterocycles. The number of halogens is 3. The minimum Gasteiger partial charge on any atom is -0.433 e. The number of nitrogens with one attached hydrogen (secondary N) is 1. The Kier molecular flexibility index (Phi) is 5.03. The number of rotatable bonds is 7. The SMILES string of the molecule is NCC(NS(=O)(=O)c1ccc(OC(F)F)c(Cl)c1)C1CC1. The van der Waals surface area contributed by atoms with Gasteiger partial charge in [-0.25, -0.2) is 13.1 Å². The molecule has 0 spiro atoms. The molecule has 3 N–H and O–H groups in total. The number of benzene rings is 1. The van der Waals surface area contributed by atoms with E-state index in [-0.39, 0.29) is 34.2 Å². The second kappa shape index (κ2) is 6.43. The zero-order valence-electron chi connectivity index (χ0n) is 10.9. The molecule has 0 aromatic heterocycles. The van der Waals surface area contributed by atoms with E-state index in [0.29, 0.717) is 0 Å². The molecule has 1 aromatic carbocycles. The van der Waals surface area contributed by atoms with Crippen molar-refractivity contribution >= 4 is 21.6 Å². The maximum absolute atomic E-state index is 12.2. The summed E-state index contributed by atoms with van der Waals surface area (Å²) in [5.41, 5.74) is 5.55. The number of ether oxygens (including phenoxy) is 1. The van der Waals surface area contributed by atoms with Crippen LogP contribution in [0.5, 0.6) is 5.75 Å². The molecule has 9 heteroatoms. The maximum Gasteiger partial charge on any atom is 0.387 e. The van der Waals surface area contributed by atoms with Crippen molar-refractivity contribution in [3.05, 3.63) is 23.2 Å². The number of hydrogen-bond donors (Lipinski definition) is 2. The Bertz CT molecular complexity index is 609. The van der Waals surface area contributed by atoms with Crippen LogP contribution in [0.1, 0.15) is 12.8 Å². The summed E-state index contributed by atoms with van der Waals surface area (Å²) in [6, 6.07) is 3.00. The van der Waals surface area contributed by atoms with Crippen molar-refractivity contribution < 1.29 is 21.9 Å². The average molecular weight is 341 g/mol. The second-order valence-corrected chi connectivity index (χ2v) is 6.89. The fourth-order valence-electron chi connectivity index (χ4n) is 1.94. The topological polar surface area (TPSA) is 81.4 Å². The molecule has 118 valence electrons. The molecule has 1 unspecified atom stereocenters. The molecule has 1 aliphatic rings. The van der Waals surface area contributed by atoms with Crippen LogP contribution in [-0.4, -0.2) is 27.6 Å². The summed E-state index contributed by atoms with van der Waals surface area (Å²) in [6.45, 7) is -2.83. The molecule has 5 nitrogen and oxygen atoms in total. The van der Waals surface area contributed by atoms with Gasteiger partial charge in [-0.15, -0.1) is 0 Å². The van der Waals surface area contributed by atoms with E-state index in [1.165, 1.54) is 0 Å². The molecule has 1 aliphatic carbocycles. The fourth-order valence-corrected chi connectivity index (χ4v) is 3.58. The number of nitrogens with two attached hydrogens (primary N) is 1. The molecule has 1 atom stereocenters. The first kappa shape index (κ1) is 16.4. The molecular weight excluding hydrogens is 326 g/mol. The Balaban J connectivity index is 2.17. The summed E-state index contributed by atoms with van der Waals surface area (Å²) in [5, 5.41) is -0.200. The zero-order chi connectivity index (χ0) is 15.6. The highest BCUT2D eigenvalue weighted by molar-refractivity contribution is 7.89. The smallest absolute Gasteiger partial charge is 0.387 e. The predicted molar refractivity (Wildman–Crippen MR) is 74.0 cm³/mol. The third-order valence-electron chi connectivity index (χ3n) is 3.18. The molecule has 21 heavy (non-hydrogen) atoms. The van der Waals surface area contributed by atoms with Crippen molar-refractivity contribution in [2.75, 3.05) is 6.54 Å². The van der Waals surface area contributed by atoms with Gasteiger partial charge in [0, 0.05) is 12.6 Å². The summed E-state index contributed by atoms with van der Waals surface area (Å²) in [4.78, 5) is -0.117. The van der Waals surface area contributed by atoms with Gasteiger partial charge in [0.15, 0.2) is 0 Å². The Morgan fingerprint density at radius 1 is 1.43 bits per heavy atom. The van der Waals surface area contributed by atoms with Gasteiger partial charge in [-0.1, -0.05) is 11.6 Å². The summed E-state index contributed by atoms with van der Waals surface area (Å²) < 4.78 is 55.3. The quantitative estimate of drug-likeness (QED) is 0.795. The summed E-state index contributed by atoms with van der Waals surface area (Å²) in [7, 11) is -3.80. The van der Waals surface area contributed by atoms with Crippen molar-refractivity contribution in [2.24, 2.45) is 11.7 Å². The van der Waals surface area contributed by atoms with Crippen molar-refractivity contribution in [2.45, 2.75) is 30.4 Å². The Morgan fingerprint density at radius 3 is 2.57 bits per heavy atom. The molecule has 0 amide bonds. The van der Waals surface area contributed by atoms with Crippen LogP contribution in [0.15, 0.2) is 23.1 Å². The summed E-state index contributed by atoms with van der Waals surface area (Å²) in [6.07, 6.45) is 1.87. The minimum atomic E-state index is -3.80. The van der Waals surface area contributed by atoms with Crippen LogP contribution in [0.4, 0.5) is 8.78 Å². The van der Waals surface area contributed by atoms with E-state index in [0.717, 1.165) is 31.0 Å². The van der Waals surface area contributed by atoms with Crippen LogP contribution in [0.3, 0.4) is 0 Å². The van der Waals surface area contributed by atoms with Gasteiger partial charge < -0.3 is 10.5 Å². The van der Waals surface area contributed by atoms with E-state index in [4.69, 9.17) is 17.3 Å². The molecule has 0 saturated heterocycles. The lowest BCUT2D eigenvalue weighted by atomic mass is 10.2. The third-order valence-corrected chi connectivity index (χ3v) is 4.96. The lowest BCUT2D eigenvalue weighted by Gasteiger charge is -2.16. The van der Waals surface area contributed by atoms with Gasteiger partial charge in [0.25, 0.3) is 0 Å². The lowest BCUT2D eigenvalue weighted by molar-refractivity contribution is -0.0498. The Hall–Kier alpha value is -0.960. The molecule has 1 fully saturated rings. The number of hydrogen-bond acceptors (Lipinski definition) is 4. The van der Waals surface area contributed by atoms with Gasteiger partial charge in [0.1, 0.15) is 5.75 Å². The van der Waals surface area contributed by atoms with E-state index in [1.807, 2.05) is 0 Å². The van der Waals surface area contributed by atoms with Gasteiger partial charge >= 0.3 is 6.61 Å². The van der Waals surface area contributed by atoms with Crippen LogP contribution in [0.2, 0.25) is 5.02 Å². The second-order valence-electron chi connectivity index (χ2n) is 4.77. The van der Waals surface area contributed by atoms with Gasteiger partial charge in [-0.3, -0.25) is 0 Å². The van der Waals surface area contributed by atoms with Crippen molar-refractivity contribution in [3.63, 3.8) is 0 Å². The zero-order valence-corrected chi connectivity index (χ0v) is 12.5. The van der Waals surface area contributed by atoms with Gasteiger partial charge in [-0.05, 0) is 37.0 Å². The van der Waals surface area contributed by atoms with Crippen LogP contribution in [0.25, 0.3) is 0 Å². The van der Waals surface area contributed by atoms with E-state index in [9.17, 15) is 17.2 Å². The fraction of sp³-hybridized carbons (Fsp3) is 0.500. The number of alkyl halides is 2. The van der Waals surface area contributed by atoms with E-state index in [2.05, 4.69) is 9.46 Å². The van der Waals surface area contributed by atoms with E-state index < -0.39 is 16.6 Å². The maximum atomic E-state index is 12.2. The first-order valence-electron chi connectivity index (χ1n) is 6.30. The third kappa shape index (κ3) is 4.26. The molecule has 1 aromatic rings. The molecular formula is C12H15ClF2N2O3S. The van der Waals surface area contributed by atoms with Crippen LogP contribution in [0, 0.1) is 5.92 Å². The highest BCUT2D eigenvalue weighted by Crippen LogP contribution is 2.33.